The van der Waals surface area contributed by atoms with Gasteiger partial charge >= 0.3 is 0 Å². The number of benzene rings is 2. The van der Waals surface area contributed by atoms with Crippen molar-refractivity contribution >= 4 is 5.91 Å². The third kappa shape index (κ3) is 4.91. The zero-order valence-electron chi connectivity index (χ0n) is 15.7. The molecule has 2 aromatic carbocycles. The van der Waals surface area contributed by atoms with E-state index in [1.54, 1.807) is 6.92 Å². The fraction of sp³-hybridized carbons (Fsp3) is 0.381. The van der Waals surface area contributed by atoms with Gasteiger partial charge in [-0.05, 0) is 61.1 Å². The number of aromatic hydroxyl groups is 2. The van der Waals surface area contributed by atoms with E-state index in [0.29, 0.717) is 18.9 Å². The highest BCUT2D eigenvalue weighted by atomic mass is 16.5. The Labute approximate surface area is 154 Å². The van der Waals surface area contributed by atoms with Crippen LogP contribution in [-0.2, 0) is 11.2 Å². The summed E-state index contributed by atoms with van der Waals surface area (Å²) in [6, 6.07) is 10.8. The highest BCUT2D eigenvalue weighted by Gasteiger charge is 2.17. The van der Waals surface area contributed by atoms with Crippen LogP contribution in [0, 0.1) is 6.92 Å². The summed E-state index contributed by atoms with van der Waals surface area (Å²) in [5.41, 5.74) is 2.81. The molecule has 5 heteroatoms. The normalized spacial score (nSPS) is 12.0. The molecule has 0 aliphatic rings. The number of carbonyl (C=O) groups is 1. The van der Waals surface area contributed by atoms with E-state index in [1.165, 1.54) is 12.1 Å². The fourth-order valence-electron chi connectivity index (χ4n) is 2.77. The van der Waals surface area contributed by atoms with Crippen molar-refractivity contribution < 1.29 is 19.7 Å². The molecule has 0 aliphatic carbocycles. The number of nitrogens with one attached hydrogen (secondary N) is 1. The van der Waals surface area contributed by atoms with Crippen LogP contribution in [0.15, 0.2) is 36.4 Å². The summed E-state index contributed by atoms with van der Waals surface area (Å²) in [7, 11) is 0. The molecule has 0 aliphatic heterocycles. The summed E-state index contributed by atoms with van der Waals surface area (Å²) in [5.74, 6) is 0.556. The maximum Gasteiger partial charge on any atom is 0.260 e. The van der Waals surface area contributed by atoms with Gasteiger partial charge in [0.05, 0.1) is 0 Å². The van der Waals surface area contributed by atoms with E-state index in [-0.39, 0.29) is 17.4 Å². The van der Waals surface area contributed by atoms with E-state index < -0.39 is 6.10 Å². The van der Waals surface area contributed by atoms with E-state index in [9.17, 15) is 15.0 Å². The van der Waals surface area contributed by atoms with E-state index in [0.717, 1.165) is 22.4 Å². The number of phenols is 2. The Morgan fingerprint density at radius 1 is 1.12 bits per heavy atom. The molecule has 26 heavy (non-hydrogen) atoms. The smallest absolute Gasteiger partial charge is 0.260 e. The molecule has 140 valence electrons. The number of rotatable bonds is 7. The highest BCUT2D eigenvalue weighted by Crippen LogP contribution is 2.28. The van der Waals surface area contributed by atoms with Gasteiger partial charge in [-0.3, -0.25) is 4.79 Å². The summed E-state index contributed by atoms with van der Waals surface area (Å²) in [4.78, 5) is 12.3. The minimum Gasteiger partial charge on any atom is -0.504 e. The van der Waals surface area contributed by atoms with Crippen molar-refractivity contribution in [3.63, 3.8) is 0 Å². The topological polar surface area (TPSA) is 78.8 Å². The van der Waals surface area contributed by atoms with Gasteiger partial charge < -0.3 is 20.3 Å². The van der Waals surface area contributed by atoms with Gasteiger partial charge in [0.15, 0.2) is 17.6 Å². The fourth-order valence-corrected chi connectivity index (χ4v) is 2.77. The lowest BCUT2D eigenvalue weighted by atomic mass is 10.0. The lowest BCUT2D eigenvalue weighted by molar-refractivity contribution is -0.127. The van der Waals surface area contributed by atoms with Gasteiger partial charge in [-0.25, -0.2) is 0 Å². The summed E-state index contributed by atoms with van der Waals surface area (Å²) < 4.78 is 5.84. The number of ether oxygens (including phenoxy) is 1. The minimum absolute atomic E-state index is 0.138. The van der Waals surface area contributed by atoms with E-state index in [4.69, 9.17) is 4.74 Å². The average molecular weight is 357 g/mol. The van der Waals surface area contributed by atoms with Crippen molar-refractivity contribution in [3.05, 3.63) is 53.1 Å². The second kappa shape index (κ2) is 8.61. The van der Waals surface area contributed by atoms with Crippen molar-refractivity contribution in [2.45, 2.75) is 46.1 Å². The maximum absolute atomic E-state index is 12.3. The molecular formula is C21H27NO4. The van der Waals surface area contributed by atoms with Crippen LogP contribution in [0.3, 0.4) is 0 Å². The molecule has 2 rings (SSSR count). The first-order valence-corrected chi connectivity index (χ1v) is 8.84. The van der Waals surface area contributed by atoms with Crippen LogP contribution < -0.4 is 10.1 Å². The molecule has 2 aromatic rings. The predicted octanol–water partition coefficient (Wildman–Crippen LogP) is 3.66. The lowest BCUT2D eigenvalue weighted by Crippen LogP contribution is -2.37. The molecule has 0 aromatic heterocycles. The third-order valence-corrected chi connectivity index (χ3v) is 4.34. The highest BCUT2D eigenvalue weighted by molar-refractivity contribution is 5.80. The largest absolute Gasteiger partial charge is 0.504 e. The van der Waals surface area contributed by atoms with Crippen LogP contribution in [0.2, 0.25) is 0 Å². The van der Waals surface area contributed by atoms with Gasteiger partial charge in [0.1, 0.15) is 5.75 Å². The monoisotopic (exact) mass is 357 g/mol. The number of hydrogen-bond donors (Lipinski definition) is 3. The van der Waals surface area contributed by atoms with Gasteiger partial charge in [-0.1, -0.05) is 32.0 Å². The Morgan fingerprint density at radius 2 is 1.77 bits per heavy atom. The molecule has 0 fully saturated rings. The number of carbonyl (C=O) groups excluding carboxylic acids is 1. The Kier molecular flexibility index (Phi) is 6.50. The van der Waals surface area contributed by atoms with Crippen LogP contribution >= 0.6 is 0 Å². The minimum atomic E-state index is -0.607. The standard InChI is InChI=1S/C21H27NO4/c1-13(2)17-7-5-6-8-20(17)26-15(4)21(25)22-10-9-16-12-19(24)18(23)11-14(16)3/h5-8,11-13,15,23-24H,9-10H2,1-4H3,(H,22,25). The molecule has 3 N–H and O–H groups in total. The van der Waals surface area contributed by atoms with E-state index in [1.807, 2.05) is 31.2 Å². The number of hydrogen-bond acceptors (Lipinski definition) is 4. The second-order valence-electron chi connectivity index (χ2n) is 6.76. The molecule has 1 unspecified atom stereocenters. The maximum atomic E-state index is 12.3. The molecule has 1 amide bonds. The molecule has 0 bridgehead atoms. The Hall–Kier alpha value is -2.69. The van der Waals surface area contributed by atoms with E-state index >= 15 is 0 Å². The molecule has 0 heterocycles. The number of para-hydroxylation sites is 1. The molecule has 0 saturated heterocycles. The first-order chi connectivity index (χ1) is 12.3. The molecule has 5 nitrogen and oxygen atoms in total. The first kappa shape index (κ1) is 19.6. The quantitative estimate of drug-likeness (QED) is 0.661. The third-order valence-electron chi connectivity index (χ3n) is 4.34. The molecular weight excluding hydrogens is 330 g/mol. The molecule has 0 spiro atoms. The van der Waals surface area contributed by atoms with Crippen LogP contribution in [0.25, 0.3) is 0 Å². The summed E-state index contributed by atoms with van der Waals surface area (Å²) in [6.45, 7) is 8.17. The zero-order chi connectivity index (χ0) is 19.3. The molecule has 0 saturated carbocycles. The average Bonchev–Trinajstić information content (AvgIpc) is 2.59. The Morgan fingerprint density at radius 3 is 2.46 bits per heavy atom. The van der Waals surface area contributed by atoms with Crippen molar-refractivity contribution in [3.8, 4) is 17.2 Å². The number of phenolic OH excluding ortho intramolecular Hbond substituents is 2. The summed E-state index contributed by atoms with van der Waals surface area (Å²) >= 11 is 0. The SMILES string of the molecule is Cc1cc(O)c(O)cc1CCNC(=O)C(C)Oc1ccccc1C(C)C. The Balaban J connectivity index is 1.91. The summed E-state index contributed by atoms with van der Waals surface area (Å²) in [6.07, 6.45) is -0.0509. The van der Waals surface area contributed by atoms with E-state index in [2.05, 4.69) is 19.2 Å². The lowest BCUT2D eigenvalue weighted by Gasteiger charge is -2.19. The van der Waals surface area contributed by atoms with Gasteiger partial charge in [0.2, 0.25) is 0 Å². The van der Waals surface area contributed by atoms with Crippen LogP contribution in [0.5, 0.6) is 17.2 Å². The van der Waals surface area contributed by atoms with Crippen LogP contribution in [0.4, 0.5) is 0 Å². The zero-order valence-corrected chi connectivity index (χ0v) is 15.7. The molecule has 1 atom stereocenters. The van der Waals surface area contributed by atoms with Gasteiger partial charge in [0.25, 0.3) is 5.91 Å². The summed E-state index contributed by atoms with van der Waals surface area (Å²) in [5, 5.41) is 21.9. The number of amides is 1. The predicted molar refractivity (Wildman–Crippen MR) is 102 cm³/mol. The van der Waals surface area contributed by atoms with Crippen molar-refractivity contribution in [1.82, 2.24) is 5.32 Å². The van der Waals surface area contributed by atoms with Gasteiger partial charge in [-0.15, -0.1) is 0 Å². The Bertz CT molecular complexity index is 771. The van der Waals surface area contributed by atoms with Crippen molar-refractivity contribution in [2.24, 2.45) is 0 Å². The van der Waals surface area contributed by atoms with Crippen LogP contribution in [0.1, 0.15) is 43.4 Å². The van der Waals surface area contributed by atoms with Crippen molar-refractivity contribution in [2.75, 3.05) is 6.54 Å². The van der Waals surface area contributed by atoms with Gasteiger partial charge in [0, 0.05) is 6.54 Å². The van der Waals surface area contributed by atoms with Crippen molar-refractivity contribution in [1.29, 1.82) is 0 Å². The number of aryl methyl sites for hydroxylation is 1. The van der Waals surface area contributed by atoms with Crippen LogP contribution in [-0.4, -0.2) is 28.8 Å². The van der Waals surface area contributed by atoms with Gasteiger partial charge in [-0.2, -0.15) is 0 Å². The first-order valence-electron chi connectivity index (χ1n) is 8.84. The second-order valence-corrected chi connectivity index (χ2v) is 6.76. The molecule has 0 radical (unpaired) electrons.